The molecular weight excluding hydrogens is 123 g/mol. The Balaban J connectivity index is 3.17. The summed E-state index contributed by atoms with van der Waals surface area (Å²) >= 11 is 0. The Labute approximate surface area is 52.1 Å². The van der Waals surface area contributed by atoms with E-state index in [1.807, 2.05) is 0 Å². The molecule has 1 heterocycles. The zero-order valence-corrected chi connectivity index (χ0v) is 4.86. The van der Waals surface area contributed by atoms with Gasteiger partial charge in [-0.05, 0) is 0 Å². The van der Waals surface area contributed by atoms with Crippen LogP contribution in [0.1, 0.15) is 0 Å². The number of pyridine rings is 1. The van der Waals surface area contributed by atoms with E-state index in [1.54, 1.807) is 0 Å². The first-order chi connectivity index (χ1) is 4.20. The van der Waals surface area contributed by atoms with E-state index in [-0.39, 0.29) is 5.59 Å². The van der Waals surface area contributed by atoms with E-state index in [0.717, 1.165) is 12.3 Å². The fourth-order valence-corrected chi connectivity index (χ4v) is 0.483. The second-order valence-corrected chi connectivity index (χ2v) is 1.72. The summed E-state index contributed by atoms with van der Waals surface area (Å²) in [6.45, 7) is 0. The van der Waals surface area contributed by atoms with Gasteiger partial charge >= 0.3 is 0 Å². The molecule has 0 aliphatic carbocycles. The van der Waals surface area contributed by atoms with Gasteiger partial charge in [-0.25, -0.2) is 8.78 Å². The molecule has 0 aromatic carbocycles. The van der Waals surface area contributed by atoms with Gasteiger partial charge in [0.25, 0.3) is 0 Å². The highest BCUT2D eigenvalue weighted by Gasteiger charge is 1.97. The second-order valence-electron chi connectivity index (χ2n) is 1.72. The molecule has 0 amide bonds. The molecule has 0 aliphatic rings. The topological polar surface area (TPSA) is 12.9 Å². The van der Waals surface area contributed by atoms with Crippen LogP contribution in [-0.2, 0) is 0 Å². The first-order valence-electron chi connectivity index (χ1n) is 2.48. The summed E-state index contributed by atoms with van der Waals surface area (Å²) < 4.78 is 24.3. The van der Waals surface area contributed by atoms with Crippen LogP contribution in [0.5, 0.6) is 0 Å². The zero-order valence-electron chi connectivity index (χ0n) is 4.86. The van der Waals surface area contributed by atoms with Gasteiger partial charge in [0.2, 0.25) is 0 Å². The Hall–Kier alpha value is -0.925. The molecule has 46 valence electrons. The van der Waals surface area contributed by atoms with Crippen molar-refractivity contribution in [2.75, 3.05) is 0 Å². The Morgan fingerprint density at radius 3 is 2.56 bits per heavy atom. The number of nitrogens with zero attached hydrogens (tertiary/aromatic N) is 1. The van der Waals surface area contributed by atoms with Crippen molar-refractivity contribution < 1.29 is 8.78 Å². The van der Waals surface area contributed by atoms with E-state index < -0.39 is 11.6 Å². The summed E-state index contributed by atoms with van der Waals surface area (Å²) in [5, 5.41) is 0. The van der Waals surface area contributed by atoms with Crippen LogP contribution >= 0.6 is 0 Å². The highest BCUT2D eigenvalue weighted by Crippen LogP contribution is 1.93. The first-order valence-corrected chi connectivity index (χ1v) is 2.48. The van der Waals surface area contributed by atoms with Crippen molar-refractivity contribution in [3.63, 3.8) is 0 Å². The van der Waals surface area contributed by atoms with E-state index in [0.29, 0.717) is 0 Å². The molecule has 1 nitrogen and oxygen atoms in total. The number of hydrogen-bond acceptors (Lipinski definition) is 1. The lowest BCUT2D eigenvalue weighted by molar-refractivity contribution is 0.580. The molecule has 1 rings (SSSR count). The summed E-state index contributed by atoms with van der Waals surface area (Å²) in [6, 6.07) is 0.808. The zero-order chi connectivity index (χ0) is 6.85. The smallest absolute Gasteiger partial charge is 0.167 e. The molecule has 0 bridgehead atoms. The van der Waals surface area contributed by atoms with Crippen LogP contribution in [0.15, 0.2) is 12.3 Å². The monoisotopic (exact) mass is 127 g/mol. The van der Waals surface area contributed by atoms with E-state index >= 15 is 0 Å². The minimum atomic E-state index is -0.641. The Morgan fingerprint density at radius 1 is 1.44 bits per heavy atom. The lowest BCUT2D eigenvalue weighted by Gasteiger charge is -1.91. The maximum absolute atomic E-state index is 12.3. The number of aromatic nitrogens is 1. The third-order valence-corrected chi connectivity index (χ3v) is 0.992. The van der Waals surface area contributed by atoms with Crippen LogP contribution in [0.3, 0.4) is 0 Å². The van der Waals surface area contributed by atoms with Gasteiger partial charge in [0.05, 0.1) is 6.20 Å². The number of hydrogen-bond donors (Lipinski definition) is 0. The summed E-state index contributed by atoms with van der Waals surface area (Å²) in [4.78, 5) is 3.43. The number of rotatable bonds is 0. The highest BCUT2D eigenvalue weighted by molar-refractivity contribution is 6.30. The van der Waals surface area contributed by atoms with Crippen LogP contribution < -0.4 is 5.59 Å². The van der Waals surface area contributed by atoms with E-state index in [1.165, 1.54) is 7.85 Å². The maximum atomic E-state index is 12.3. The molecule has 0 radical (unpaired) electrons. The fourth-order valence-electron chi connectivity index (χ4n) is 0.483. The van der Waals surface area contributed by atoms with Gasteiger partial charge in [-0.15, -0.1) is 0 Å². The normalized spacial score (nSPS) is 9.56. The molecule has 0 unspecified atom stereocenters. The van der Waals surface area contributed by atoms with Crippen molar-refractivity contribution in [3.8, 4) is 0 Å². The summed E-state index contributed by atoms with van der Waals surface area (Å²) in [7, 11) is 1.48. The van der Waals surface area contributed by atoms with Gasteiger partial charge in [-0.1, -0.05) is 0 Å². The first kappa shape index (κ1) is 6.20. The summed E-state index contributed by atoms with van der Waals surface area (Å²) in [5.74, 6) is -1.24. The molecule has 1 aromatic heterocycles. The Kier molecular flexibility index (Phi) is 1.47. The van der Waals surface area contributed by atoms with Crippen LogP contribution in [0.25, 0.3) is 0 Å². The number of halogens is 2. The van der Waals surface area contributed by atoms with Crippen LogP contribution in [0.4, 0.5) is 8.78 Å². The predicted molar refractivity (Wildman–Crippen MR) is 32.3 cm³/mol. The average molecular weight is 127 g/mol. The van der Waals surface area contributed by atoms with Crippen molar-refractivity contribution in [1.29, 1.82) is 0 Å². The van der Waals surface area contributed by atoms with Crippen LogP contribution in [-0.4, -0.2) is 12.8 Å². The Morgan fingerprint density at radius 2 is 2.11 bits per heavy atom. The molecule has 0 spiro atoms. The van der Waals surface area contributed by atoms with Gasteiger partial charge in [0.15, 0.2) is 7.85 Å². The van der Waals surface area contributed by atoms with Crippen molar-refractivity contribution in [1.82, 2.24) is 4.98 Å². The SMILES string of the molecule is Bc1ncc(F)cc1F. The van der Waals surface area contributed by atoms with Gasteiger partial charge in [-0.2, -0.15) is 0 Å². The van der Waals surface area contributed by atoms with Crippen molar-refractivity contribution in [2.24, 2.45) is 0 Å². The van der Waals surface area contributed by atoms with E-state index in [2.05, 4.69) is 4.98 Å². The minimum absolute atomic E-state index is 0.219. The maximum Gasteiger partial charge on any atom is 0.167 e. The van der Waals surface area contributed by atoms with Gasteiger partial charge in [0.1, 0.15) is 11.6 Å². The Bertz CT molecular complexity index is 226. The largest absolute Gasteiger partial charge is 0.266 e. The van der Waals surface area contributed by atoms with E-state index in [9.17, 15) is 8.78 Å². The van der Waals surface area contributed by atoms with Crippen LogP contribution in [0, 0.1) is 11.6 Å². The molecule has 0 N–H and O–H groups in total. The van der Waals surface area contributed by atoms with Crippen molar-refractivity contribution in [2.45, 2.75) is 0 Å². The minimum Gasteiger partial charge on any atom is -0.266 e. The van der Waals surface area contributed by atoms with Gasteiger partial charge in [-0.3, -0.25) is 4.98 Å². The quantitative estimate of drug-likeness (QED) is 0.432. The third-order valence-electron chi connectivity index (χ3n) is 0.992. The lowest BCUT2D eigenvalue weighted by Crippen LogP contribution is -2.12. The van der Waals surface area contributed by atoms with Crippen molar-refractivity contribution >= 4 is 13.4 Å². The second kappa shape index (κ2) is 2.13. The molecule has 1 aromatic rings. The molecule has 0 saturated carbocycles. The third kappa shape index (κ3) is 1.25. The molecule has 0 atom stereocenters. The summed E-state index contributed by atoms with van der Waals surface area (Å²) in [6.07, 6.45) is 0.985. The fraction of sp³-hybridized carbons (Fsp3) is 0. The van der Waals surface area contributed by atoms with Crippen molar-refractivity contribution in [3.05, 3.63) is 23.9 Å². The van der Waals surface area contributed by atoms with Gasteiger partial charge in [0, 0.05) is 11.7 Å². The summed E-state index contributed by atoms with van der Waals surface area (Å²) in [5.41, 5.74) is 0.219. The van der Waals surface area contributed by atoms with Gasteiger partial charge < -0.3 is 0 Å². The lowest BCUT2D eigenvalue weighted by atomic mass is 10.0. The molecule has 0 aliphatic heterocycles. The standard InChI is InChI=1S/C5H4BF2N/c6-5-4(8)1-3(7)2-9-5/h1-2H,6H2. The highest BCUT2D eigenvalue weighted by atomic mass is 19.1. The van der Waals surface area contributed by atoms with Crippen LogP contribution in [0.2, 0.25) is 0 Å². The molecule has 0 saturated heterocycles. The predicted octanol–water partition coefficient (Wildman–Crippen LogP) is -0.382. The average Bonchev–Trinajstić information content (AvgIpc) is 1.80. The molecule has 9 heavy (non-hydrogen) atoms. The molecule has 0 fully saturated rings. The van der Waals surface area contributed by atoms with E-state index in [4.69, 9.17) is 0 Å². The molecule has 4 heteroatoms. The molecular formula is C5H4BF2N.